The molecule has 2 aromatic carbocycles. The first-order valence-corrected chi connectivity index (χ1v) is 8.34. The molecule has 0 saturated heterocycles. The van der Waals surface area contributed by atoms with Crippen LogP contribution in [0.15, 0.2) is 64.0 Å². The normalized spacial score (nSPS) is 11.7. The number of para-hydroxylation sites is 1. The molecule has 0 spiro atoms. The highest BCUT2D eigenvalue weighted by molar-refractivity contribution is 9.10. The van der Waals surface area contributed by atoms with E-state index < -0.39 is 10.0 Å². The van der Waals surface area contributed by atoms with Crippen molar-refractivity contribution in [2.75, 3.05) is 0 Å². The third kappa shape index (κ3) is 2.30. The van der Waals surface area contributed by atoms with Gasteiger partial charge in [0, 0.05) is 9.86 Å². The van der Waals surface area contributed by atoms with Crippen LogP contribution in [0.2, 0.25) is 0 Å². The summed E-state index contributed by atoms with van der Waals surface area (Å²) in [5.74, 6) is 0. The lowest BCUT2D eigenvalue weighted by atomic mass is 10.2. The second-order valence-corrected chi connectivity index (χ2v) is 7.17. The third-order valence-electron chi connectivity index (χ3n) is 3.17. The maximum absolute atomic E-state index is 12.8. The van der Waals surface area contributed by atoms with Crippen molar-refractivity contribution in [3.63, 3.8) is 0 Å². The van der Waals surface area contributed by atoms with Gasteiger partial charge >= 0.3 is 0 Å². The first-order chi connectivity index (χ1) is 10.0. The predicted octanol–water partition coefficient (Wildman–Crippen LogP) is 3.45. The van der Waals surface area contributed by atoms with Crippen LogP contribution in [0.4, 0.5) is 0 Å². The van der Waals surface area contributed by atoms with E-state index >= 15 is 0 Å². The maximum atomic E-state index is 12.8. The Kier molecular flexibility index (Phi) is 3.43. The van der Waals surface area contributed by atoms with Crippen molar-refractivity contribution in [1.82, 2.24) is 3.97 Å². The van der Waals surface area contributed by atoms with E-state index in [1.165, 1.54) is 12.1 Å². The molecule has 0 unspecified atom stereocenters. The van der Waals surface area contributed by atoms with Crippen LogP contribution < -0.4 is 0 Å². The predicted molar refractivity (Wildman–Crippen MR) is 84.1 cm³/mol. The van der Waals surface area contributed by atoms with Crippen LogP contribution in [0, 0.1) is 0 Å². The number of fused-ring (bicyclic) bond motifs is 1. The fraction of sp³-hybridized carbons (Fsp3) is 0. The van der Waals surface area contributed by atoms with E-state index in [0.29, 0.717) is 17.2 Å². The Morgan fingerprint density at radius 3 is 2.33 bits per heavy atom. The number of halogens is 1. The van der Waals surface area contributed by atoms with Gasteiger partial charge in [-0.25, -0.2) is 12.4 Å². The SMILES string of the molecule is O=Cc1cc2ccccc2n1S(=O)(=O)c1ccc(Br)cc1. The molecule has 0 atom stereocenters. The summed E-state index contributed by atoms with van der Waals surface area (Å²) in [6.07, 6.45) is 0.552. The smallest absolute Gasteiger partial charge is 0.268 e. The second kappa shape index (κ2) is 5.13. The van der Waals surface area contributed by atoms with Crippen LogP contribution in [0.1, 0.15) is 10.5 Å². The third-order valence-corrected chi connectivity index (χ3v) is 5.45. The zero-order valence-corrected chi connectivity index (χ0v) is 13.1. The minimum atomic E-state index is -3.82. The summed E-state index contributed by atoms with van der Waals surface area (Å²) >= 11 is 3.27. The summed E-state index contributed by atoms with van der Waals surface area (Å²) in [7, 11) is -3.82. The first kappa shape index (κ1) is 14.0. The number of carbonyl (C=O) groups excluding carboxylic acids is 1. The molecule has 0 aliphatic rings. The lowest BCUT2D eigenvalue weighted by molar-refractivity contribution is 0.111. The number of aromatic nitrogens is 1. The van der Waals surface area contributed by atoms with Crippen LogP contribution in [-0.2, 0) is 10.0 Å². The molecule has 106 valence electrons. The lowest BCUT2D eigenvalue weighted by Crippen LogP contribution is -2.15. The molecule has 0 radical (unpaired) electrons. The van der Waals surface area contributed by atoms with Crippen molar-refractivity contribution in [2.24, 2.45) is 0 Å². The number of rotatable bonds is 3. The minimum absolute atomic E-state index is 0.110. The largest absolute Gasteiger partial charge is 0.296 e. The summed E-state index contributed by atoms with van der Waals surface area (Å²) in [4.78, 5) is 11.4. The summed E-state index contributed by atoms with van der Waals surface area (Å²) in [6.45, 7) is 0. The van der Waals surface area contributed by atoms with Crippen molar-refractivity contribution < 1.29 is 13.2 Å². The Balaban J connectivity index is 2.32. The van der Waals surface area contributed by atoms with Crippen molar-refractivity contribution in [1.29, 1.82) is 0 Å². The molecule has 21 heavy (non-hydrogen) atoms. The van der Waals surface area contributed by atoms with Crippen LogP contribution in [0.5, 0.6) is 0 Å². The number of carbonyl (C=O) groups is 1. The Hall–Kier alpha value is -1.92. The van der Waals surface area contributed by atoms with E-state index in [1.54, 1.807) is 42.5 Å². The van der Waals surface area contributed by atoms with Crippen LogP contribution in [-0.4, -0.2) is 18.7 Å². The van der Waals surface area contributed by atoms with Gasteiger partial charge in [0.2, 0.25) is 0 Å². The summed E-state index contributed by atoms with van der Waals surface area (Å²) in [6, 6.07) is 14.9. The minimum Gasteiger partial charge on any atom is -0.296 e. The molecule has 1 aromatic heterocycles. The van der Waals surface area contributed by atoms with E-state index in [0.717, 1.165) is 8.45 Å². The maximum Gasteiger partial charge on any atom is 0.268 e. The number of benzene rings is 2. The van der Waals surface area contributed by atoms with Crippen molar-refractivity contribution in [2.45, 2.75) is 4.90 Å². The van der Waals surface area contributed by atoms with Crippen molar-refractivity contribution in [3.8, 4) is 0 Å². The van der Waals surface area contributed by atoms with Gasteiger partial charge in [-0.1, -0.05) is 34.1 Å². The Morgan fingerprint density at radius 1 is 1.00 bits per heavy atom. The molecule has 0 fully saturated rings. The number of aldehydes is 1. The molecule has 3 rings (SSSR count). The van der Waals surface area contributed by atoms with Crippen molar-refractivity contribution in [3.05, 3.63) is 64.8 Å². The van der Waals surface area contributed by atoms with Crippen LogP contribution >= 0.6 is 15.9 Å². The van der Waals surface area contributed by atoms with E-state index in [2.05, 4.69) is 15.9 Å². The Bertz CT molecular complexity index is 927. The van der Waals surface area contributed by atoms with Crippen LogP contribution in [0.25, 0.3) is 10.9 Å². The topological polar surface area (TPSA) is 56.1 Å². The number of hydrogen-bond acceptors (Lipinski definition) is 3. The fourth-order valence-electron chi connectivity index (χ4n) is 2.21. The molecule has 0 bridgehead atoms. The van der Waals surface area contributed by atoms with Gasteiger partial charge in [0.05, 0.1) is 16.1 Å². The second-order valence-electron chi connectivity index (χ2n) is 4.47. The van der Waals surface area contributed by atoms with Gasteiger partial charge in [0.25, 0.3) is 10.0 Å². The molecule has 0 aliphatic heterocycles. The molecule has 0 aliphatic carbocycles. The highest BCUT2D eigenvalue weighted by atomic mass is 79.9. The van der Waals surface area contributed by atoms with Crippen LogP contribution in [0.3, 0.4) is 0 Å². The van der Waals surface area contributed by atoms with Crippen molar-refractivity contribution >= 4 is 43.1 Å². The highest BCUT2D eigenvalue weighted by Gasteiger charge is 2.22. The molecule has 4 nitrogen and oxygen atoms in total. The Labute approximate surface area is 130 Å². The molecule has 0 saturated carbocycles. The van der Waals surface area contributed by atoms with E-state index in [-0.39, 0.29) is 10.6 Å². The summed E-state index contributed by atoms with van der Waals surface area (Å²) in [5.41, 5.74) is 0.599. The fourth-order valence-corrected chi connectivity index (χ4v) is 3.97. The monoisotopic (exact) mass is 363 g/mol. The quantitative estimate of drug-likeness (QED) is 0.669. The van der Waals surface area contributed by atoms with E-state index in [4.69, 9.17) is 0 Å². The molecule has 0 amide bonds. The number of nitrogens with zero attached hydrogens (tertiary/aromatic N) is 1. The van der Waals surface area contributed by atoms with Gasteiger partial charge in [-0.3, -0.25) is 4.79 Å². The van der Waals surface area contributed by atoms with Gasteiger partial charge in [0.15, 0.2) is 6.29 Å². The standard InChI is InChI=1S/C15H10BrNO3S/c16-12-5-7-14(8-6-12)21(19,20)17-13(10-18)9-11-3-1-2-4-15(11)17/h1-10H. The Morgan fingerprint density at radius 2 is 1.67 bits per heavy atom. The van der Waals surface area contributed by atoms with Gasteiger partial charge < -0.3 is 0 Å². The number of hydrogen-bond donors (Lipinski definition) is 0. The molecule has 6 heteroatoms. The van der Waals surface area contributed by atoms with E-state index in [9.17, 15) is 13.2 Å². The van der Waals surface area contributed by atoms with Gasteiger partial charge in [-0.15, -0.1) is 0 Å². The zero-order valence-electron chi connectivity index (χ0n) is 10.7. The zero-order chi connectivity index (χ0) is 15.0. The lowest BCUT2D eigenvalue weighted by Gasteiger charge is -2.09. The van der Waals surface area contributed by atoms with E-state index in [1.807, 2.05) is 0 Å². The van der Waals surface area contributed by atoms with Gasteiger partial charge in [-0.05, 0) is 36.4 Å². The molecule has 1 heterocycles. The molecular weight excluding hydrogens is 354 g/mol. The summed E-state index contributed by atoms with van der Waals surface area (Å²) in [5, 5.41) is 0.709. The summed E-state index contributed by atoms with van der Waals surface area (Å²) < 4.78 is 27.4. The average Bonchev–Trinajstić information content (AvgIpc) is 2.87. The molecule has 3 aromatic rings. The highest BCUT2D eigenvalue weighted by Crippen LogP contribution is 2.25. The molecular formula is C15H10BrNO3S. The average molecular weight is 364 g/mol. The first-order valence-electron chi connectivity index (χ1n) is 6.11. The van der Waals surface area contributed by atoms with Gasteiger partial charge in [-0.2, -0.15) is 0 Å². The molecule has 0 N–H and O–H groups in total. The van der Waals surface area contributed by atoms with Gasteiger partial charge in [0.1, 0.15) is 0 Å².